The van der Waals surface area contributed by atoms with Crippen molar-refractivity contribution in [2.24, 2.45) is 0 Å². The largest absolute Gasteiger partial charge is 0.365 e. The van der Waals surface area contributed by atoms with Crippen molar-refractivity contribution in [2.45, 2.75) is 20.4 Å². The second-order valence-corrected chi connectivity index (χ2v) is 4.52. The van der Waals surface area contributed by atoms with Crippen LogP contribution in [0.2, 0.25) is 0 Å². The van der Waals surface area contributed by atoms with Crippen molar-refractivity contribution in [3.05, 3.63) is 47.8 Å². The Kier molecular flexibility index (Phi) is 5.10. The van der Waals surface area contributed by atoms with Gasteiger partial charge < -0.3 is 10.2 Å². The maximum absolute atomic E-state index is 9.08. The lowest BCUT2D eigenvalue weighted by Crippen LogP contribution is -2.24. The molecule has 0 unspecified atom stereocenters. The maximum atomic E-state index is 9.08. The summed E-state index contributed by atoms with van der Waals surface area (Å²) < 4.78 is 0. The molecule has 0 saturated carbocycles. The average molecular weight is 281 g/mol. The molecule has 21 heavy (non-hydrogen) atoms. The molecule has 0 radical (unpaired) electrons. The molecule has 0 aliphatic rings. The highest BCUT2D eigenvalue weighted by Crippen LogP contribution is 2.19. The van der Waals surface area contributed by atoms with Gasteiger partial charge in [0.15, 0.2) is 0 Å². The van der Waals surface area contributed by atoms with E-state index >= 15 is 0 Å². The highest BCUT2D eigenvalue weighted by atomic mass is 15.2. The van der Waals surface area contributed by atoms with Gasteiger partial charge in [0.05, 0.1) is 5.56 Å². The van der Waals surface area contributed by atoms with Gasteiger partial charge in [-0.3, -0.25) is 0 Å². The number of hydrogen-bond acceptors (Lipinski definition) is 5. The normalized spacial score (nSPS) is 9.95. The summed E-state index contributed by atoms with van der Waals surface area (Å²) in [5, 5.41) is 12.3. The van der Waals surface area contributed by atoms with E-state index in [-0.39, 0.29) is 0 Å². The van der Waals surface area contributed by atoms with Crippen molar-refractivity contribution in [1.29, 1.82) is 5.26 Å². The Bertz CT molecular complexity index is 629. The molecule has 2 heterocycles. The number of nitrogens with zero attached hydrogens (tertiary/aromatic N) is 4. The van der Waals surface area contributed by atoms with Crippen LogP contribution in [0.1, 0.15) is 25.0 Å². The van der Waals surface area contributed by atoms with Crippen molar-refractivity contribution in [3.8, 4) is 6.07 Å². The molecule has 0 bridgehead atoms. The summed E-state index contributed by atoms with van der Waals surface area (Å²) in [5.41, 5.74) is 1.64. The summed E-state index contributed by atoms with van der Waals surface area (Å²) in [6.07, 6.45) is 3.48. The molecule has 0 saturated heterocycles. The molecular formula is C16H19N5. The summed E-state index contributed by atoms with van der Waals surface area (Å²) in [6, 6.07) is 9.62. The predicted molar refractivity (Wildman–Crippen MR) is 84.1 cm³/mol. The Morgan fingerprint density at radius 1 is 1.14 bits per heavy atom. The number of rotatable bonds is 6. The van der Waals surface area contributed by atoms with E-state index in [0.29, 0.717) is 17.9 Å². The van der Waals surface area contributed by atoms with Crippen molar-refractivity contribution in [1.82, 2.24) is 9.97 Å². The monoisotopic (exact) mass is 281 g/mol. The number of hydrogen-bond donors (Lipinski definition) is 1. The summed E-state index contributed by atoms with van der Waals surface area (Å²) in [4.78, 5) is 10.9. The van der Waals surface area contributed by atoms with Crippen LogP contribution in [0.5, 0.6) is 0 Å². The van der Waals surface area contributed by atoms with Gasteiger partial charge in [0.1, 0.15) is 17.7 Å². The summed E-state index contributed by atoms with van der Waals surface area (Å²) in [6.45, 7) is 6.64. The van der Waals surface area contributed by atoms with E-state index in [1.807, 2.05) is 12.1 Å². The minimum atomic E-state index is 0.547. The van der Waals surface area contributed by atoms with Crippen LogP contribution in [0.3, 0.4) is 0 Å². The number of anilines is 2. The van der Waals surface area contributed by atoms with Crippen LogP contribution < -0.4 is 10.2 Å². The molecule has 5 nitrogen and oxygen atoms in total. The highest BCUT2D eigenvalue weighted by molar-refractivity contribution is 5.53. The topological polar surface area (TPSA) is 64.8 Å². The van der Waals surface area contributed by atoms with E-state index in [4.69, 9.17) is 5.26 Å². The molecule has 0 amide bonds. The molecule has 0 aromatic carbocycles. The zero-order valence-electron chi connectivity index (χ0n) is 12.4. The van der Waals surface area contributed by atoms with Crippen LogP contribution in [-0.2, 0) is 6.54 Å². The number of nitrogens with one attached hydrogen (secondary N) is 1. The van der Waals surface area contributed by atoms with Gasteiger partial charge in [-0.05, 0) is 32.0 Å². The SMILES string of the molecule is CCN(CC)c1ncccc1CNc1ncccc1C#N. The fourth-order valence-electron chi connectivity index (χ4n) is 2.19. The van der Waals surface area contributed by atoms with Gasteiger partial charge in [-0.25, -0.2) is 9.97 Å². The van der Waals surface area contributed by atoms with Gasteiger partial charge in [0.25, 0.3) is 0 Å². The zero-order chi connectivity index (χ0) is 15.1. The Balaban J connectivity index is 2.19. The number of aromatic nitrogens is 2. The van der Waals surface area contributed by atoms with Gasteiger partial charge in [0, 0.05) is 37.6 Å². The van der Waals surface area contributed by atoms with Crippen molar-refractivity contribution in [2.75, 3.05) is 23.3 Å². The summed E-state index contributed by atoms with van der Waals surface area (Å²) in [5.74, 6) is 1.58. The summed E-state index contributed by atoms with van der Waals surface area (Å²) >= 11 is 0. The fourth-order valence-corrected chi connectivity index (χ4v) is 2.19. The molecular weight excluding hydrogens is 262 g/mol. The Morgan fingerprint density at radius 2 is 1.86 bits per heavy atom. The average Bonchev–Trinajstić information content (AvgIpc) is 2.55. The third-order valence-corrected chi connectivity index (χ3v) is 3.30. The van der Waals surface area contributed by atoms with E-state index in [0.717, 1.165) is 24.5 Å². The summed E-state index contributed by atoms with van der Waals surface area (Å²) in [7, 11) is 0. The van der Waals surface area contributed by atoms with Crippen LogP contribution >= 0.6 is 0 Å². The lowest BCUT2D eigenvalue weighted by atomic mass is 10.2. The second-order valence-electron chi connectivity index (χ2n) is 4.52. The van der Waals surface area contributed by atoms with Crippen LogP contribution in [0.4, 0.5) is 11.6 Å². The quantitative estimate of drug-likeness (QED) is 0.882. The fraction of sp³-hybridized carbons (Fsp3) is 0.312. The minimum absolute atomic E-state index is 0.547. The van der Waals surface area contributed by atoms with Gasteiger partial charge >= 0.3 is 0 Å². The van der Waals surface area contributed by atoms with Crippen LogP contribution in [0.15, 0.2) is 36.7 Å². The molecule has 108 valence electrons. The molecule has 5 heteroatoms. The Labute approximate surface area is 125 Å². The lowest BCUT2D eigenvalue weighted by Gasteiger charge is -2.22. The smallest absolute Gasteiger partial charge is 0.144 e. The van der Waals surface area contributed by atoms with Crippen LogP contribution in [-0.4, -0.2) is 23.1 Å². The van der Waals surface area contributed by atoms with Crippen molar-refractivity contribution >= 4 is 11.6 Å². The molecule has 0 spiro atoms. The Hall–Kier alpha value is -2.61. The number of pyridine rings is 2. The van der Waals surface area contributed by atoms with Crippen LogP contribution in [0, 0.1) is 11.3 Å². The zero-order valence-corrected chi connectivity index (χ0v) is 12.4. The molecule has 2 aromatic heterocycles. The van der Waals surface area contributed by atoms with Gasteiger partial charge in [0.2, 0.25) is 0 Å². The number of nitriles is 1. The maximum Gasteiger partial charge on any atom is 0.144 e. The first kappa shape index (κ1) is 14.8. The van der Waals surface area contributed by atoms with Crippen molar-refractivity contribution < 1.29 is 0 Å². The van der Waals surface area contributed by atoms with Crippen molar-refractivity contribution in [3.63, 3.8) is 0 Å². The van der Waals surface area contributed by atoms with E-state index in [1.54, 1.807) is 24.5 Å². The molecule has 0 fully saturated rings. The van der Waals surface area contributed by atoms with E-state index in [1.165, 1.54) is 0 Å². The van der Waals surface area contributed by atoms with E-state index < -0.39 is 0 Å². The third-order valence-electron chi connectivity index (χ3n) is 3.30. The van der Waals surface area contributed by atoms with Crippen LogP contribution in [0.25, 0.3) is 0 Å². The second kappa shape index (κ2) is 7.25. The van der Waals surface area contributed by atoms with Gasteiger partial charge in [-0.15, -0.1) is 0 Å². The minimum Gasteiger partial charge on any atom is -0.365 e. The van der Waals surface area contributed by atoms with Gasteiger partial charge in [-0.1, -0.05) is 6.07 Å². The standard InChI is InChI=1S/C16H19N5/c1-3-21(4-2)16-14(8-6-10-19-16)12-20-15-13(11-17)7-5-9-18-15/h5-10H,3-4,12H2,1-2H3,(H,18,20). The molecule has 0 atom stereocenters. The Morgan fingerprint density at radius 3 is 2.57 bits per heavy atom. The predicted octanol–water partition coefficient (Wildman–Crippen LogP) is 2.81. The van der Waals surface area contributed by atoms with Gasteiger partial charge in [-0.2, -0.15) is 5.26 Å². The molecule has 0 aliphatic heterocycles. The molecule has 2 rings (SSSR count). The lowest BCUT2D eigenvalue weighted by molar-refractivity contribution is 0.834. The molecule has 0 aliphatic carbocycles. The molecule has 2 aromatic rings. The van der Waals surface area contributed by atoms with E-state index in [9.17, 15) is 0 Å². The third kappa shape index (κ3) is 3.48. The highest BCUT2D eigenvalue weighted by Gasteiger charge is 2.10. The molecule has 1 N–H and O–H groups in total. The first-order valence-electron chi connectivity index (χ1n) is 7.08. The van der Waals surface area contributed by atoms with E-state index in [2.05, 4.69) is 40.1 Å². The first-order chi connectivity index (χ1) is 10.3. The first-order valence-corrected chi connectivity index (χ1v) is 7.08.